The second kappa shape index (κ2) is 6.92. The van der Waals surface area contributed by atoms with Crippen LogP contribution in [0.2, 0.25) is 0 Å². The van der Waals surface area contributed by atoms with Crippen molar-refractivity contribution in [2.24, 2.45) is 5.84 Å². The molecule has 0 saturated heterocycles. The SMILES string of the molecule is Cc1ccccc1C(CCOc1ccccc1)NN. The van der Waals surface area contributed by atoms with Crippen molar-refractivity contribution >= 4 is 0 Å². The van der Waals surface area contributed by atoms with Crippen molar-refractivity contribution in [3.63, 3.8) is 0 Å². The van der Waals surface area contributed by atoms with Crippen molar-refractivity contribution in [1.29, 1.82) is 0 Å². The topological polar surface area (TPSA) is 47.3 Å². The summed E-state index contributed by atoms with van der Waals surface area (Å²) in [6.45, 7) is 2.73. The molecular weight excluding hydrogens is 236 g/mol. The monoisotopic (exact) mass is 256 g/mol. The van der Waals surface area contributed by atoms with Gasteiger partial charge in [-0.15, -0.1) is 0 Å². The van der Waals surface area contributed by atoms with Gasteiger partial charge in [-0.05, 0) is 30.2 Å². The lowest BCUT2D eigenvalue weighted by atomic mass is 10.00. The lowest BCUT2D eigenvalue weighted by Gasteiger charge is -2.18. The molecular formula is C16H20N2O. The standard InChI is InChI=1S/C16H20N2O/c1-13-7-5-6-10-15(13)16(18-17)11-12-19-14-8-3-2-4-9-14/h2-10,16,18H,11-12,17H2,1H3. The molecule has 0 saturated carbocycles. The summed E-state index contributed by atoms with van der Waals surface area (Å²) >= 11 is 0. The van der Waals surface area contributed by atoms with Gasteiger partial charge in [0.25, 0.3) is 0 Å². The van der Waals surface area contributed by atoms with Crippen molar-refractivity contribution in [2.75, 3.05) is 6.61 Å². The van der Waals surface area contributed by atoms with E-state index in [9.17, 15) is 0 Å². The Morgan fingerprint density at radius 2 is 1.74 bits per heavy atom. The Labute approximate surface area is 114 Å². The molecule has 0 bridgehead atoms. The highest BCUT2D eigenvalue weighted by atomic mass is 16.5. The Hall–Kier alpha value is -1.84. The smallest absolute Gasteiger partial charge is 0.119 e. The number of nitrogens with one attached hydrogen (secondary N) is 1. The summed E-state index contributed by atoms with van der Waals surface area (Å²) in [5.41, 5.74) is 5.33. The molecule has 2 aromatic rings. The first-order valence-electron chi connectivity index (χ1n) is 6.51. The van der Waals surface area contributed by atoms with Crippen molar-refractivity contribution in [2.45, 2.75) is 19.4 Å². The summed E-state index contributed by atoms with van der Waals surface area (Å²) < 4.78 is 5.70. The van der Waals surface area contributed by atoms with Gasteiger partial charge in [-0.3, -0.25) is 11.3 Å². The summed E-state index contributed by atoms with van der Waals surface area (Å²) in [6.07, 6.45) is 0.830. The maximum absolute atomic E-state index is 5.70. The maximum Gasteiger partial charge on any atom is 0.119 e. The number of aryl methyl sites for hydroxylation is 1. The number of para-hydroxylation sites is 1. The van der Waals surface area contributed by atoms with E-state index >= 15 is 0 Å². The predicted octanol–water partition coefficient (Wildman–Crippen LogP) is 2.97. The largest absolute Gasteiger partial charge is 0.494 e. The minimum absolute atomic E-state index is 0.116. The number of benzene rings is 2. The van der Waals surface area contributed by atoms with Gasteiger partial charge in [0.1, 0.15) is 5.75 Å². The number of nitrogens with two attached hydrogens (primary N) is 1. The van der Waals surface area contributed by atoms with Crippen LogP contribution < -0.4 is 16.0 Å². The molecule has 2 rings (SSSR count). The van der Waals surface area contributed by atoms with Crippen molar-refractivity contribution in [1.82, 2.24) is 5.43 Å². The van der Waals surface area contributed by atoms with Crippen molar-refractivity contribution in [3.8, 4) is 5.75 Å². The van der Waals surface area contributed by atoms with E-state index in [-0.39, 0.29) is 6.04 Å². The molecule has 0 radical (unpaired) electrons. The molecule has 0 aliphatic heterocycles. The van der Waals surface area contributed by atoms with Crippen LogP contribution in [-0.2, 0) is 0 Å². The number of hydrogen-bond acceptors (Lipinski definition) is 3. The van der Waals surface area contributed by atoms with Gasteiger partial charge < -0.3 is 4.74 Å². The number of ether oxygens (including phenoxy) is 1. The minimum Gasteiger partial charge on any atom is -0.494 e. The van der Waals surface area contributed by atoms with E-state index in [0.29, 0.717) is 6.61 Å². The van der Waals surface area contributed by atoms with Crippen molar-refractivity contribution in [3.05, 3.63) is 65.7 Å². The summed E-state index contributed by atoms with van der Waals surface area (Å²) in [5, 5.41) is 0. The molecule has 100 valence electrons. The average Bonchev–Trinajstić information content (AvgIpc) is 2.46. The van der Waals surface area contributed by atoms with Crippen LogP contribution in [0.4, 0.5) is 0 Å². The van der Waals surface area contributed by atoms with E-state index in [1.807, 2.05) is 42.5 Å². The maximum atomic E-state index is 5.70. The van der Waals surface area contributed by atoms with Gasteiger partial charge in [0, 0.05) is 12.5 Å². The third-order valence-corrected chi connectivity index (χ3v) is 3.18. The molecule has 0 amide bonds. The number of rotatable bonds is 6. The van der Waals surface area contributed by atoms with Gasteiger partial charge in [0.05, 0.1) is 6.61 Å². The molecule has 0 heterocycles. The lowest BCUT2D eigenvalue weighted by molar-refractivity contribution is 0.287. The molecule has 0 aliphatic rings. The lowest BCUT2D eigenvalue weighted by Crippen LogP contribution is -2.29. The molecule has 0 spiro atoms. The fraction of sp³-hybridized carbons (Fsp3) is 0.250. The van der Waals surface area contributed by atoms with Gasteiger partial charge in [-0.2, -0.15) is 0 Å². The first-order chi connectivity index (χ1) is 9.31. The van der Waals surface area contributed by atoms with E-state index in [1.165, 1.54) is 11.1 Å². The zero-order chi connectivity index (χ0) is 13.5. The van der Waals surface area contributed by atoms with Gasteiger partial charge >= 0.3 is 0 Å². The van der Waals surface area contributed by atoms with Gasteiger partial charge in [0.15, 0.2) is 0 Å². The van der Waals surface area contributed by atoms with Gasteiger partial charge in [0.2, 0.25) is 0 Å². The van der Waals surface area contributed by atoms with Crippen LogP contribution in [0.15, 0.2) is 54.6 Å². The third-order valence-electron chi connectivity index (χ3n) is 3.18. The molecule has 3 heteroatoms. The first kappa shape index (κ1) is 13.6. The van der Waals surface area contributed by atoms with Crippen molar-refractivity contribution < 1.29 is 4.74 Å². The van der Waals surface area contributed by atoms with Crippen LogP contribution in [0.3, 0.4) is 0 Å². The minimum atomic E-state index is 0.116. The van der Waals surface area contributed by atoms with Crippen LogP contribution in [0, 0.1) is 6.92 Å². The summed E-state index contributed by atoms with van der Waals surface area (Å²) in [6, 6.07) is 18.2. The van der Waals surface area contributed by atoms with Crippen LogP contribution in [-0.4, -0.2) is 6.61 Å². The highest BCUT2D eigenvalue weighted by Gasteiger charge is 2.11. The Balaban J connectivity index is 1.92. The zero-order valence-corrected chi connectivity index (χ0v) is 11.2. The van der Waals surface area contributed by atoms with E-state index in [0.717, 1.165) is 12.2 Å². The second-order valence-corrected chi connectivity index (χ2v) is 4.53. The van der Waals surface area contributed by atoms with Crippen LogP contribution in [0.25, 0.3) is 0 Å². The fourth-order valence-corrected chi connectivity index (χ4v) is 2.12. The van der Waals surface area contributed by atoms with Gasteiger partial charge in [-0.1, -0.05) is 42.5 Å². The summed E-state index contributed by atoms with van der Waals surface area (Å²) in [5.74, 6) is 6.54. The highest BCUT2D eigenvalue weighted by molar-refractivity contribution is 5.28. The Morgan fingerprint density at radius 3 is 2.42 bits per heavy atom. The highest BCUT2D eigenvalue weighted by Crippen LogP contribution is 2.20. The number of hydrogen-bond donors (Lipinski definition) is 2. The molecule has 2 aromatic carbocycles. The second-order valence-electron chi connectivity index (χ2n) is 4.53. The van der Waals surface area contributed by atoms with Gasteiger partial charge in [-0.25, -0.2) is 0 Å². The first-order valence-corrected chi connectivity index (χ1v) is 6.51. The normalized spacial score (nSPS) is 12.1. The van der Waals surface area contributed by atoms with E-state index in [2.05, 4.69) is 24.5 Å². The molecule has 0 fully saturated rings. The number of hydrazine groups is 1. The summed E-state index contributed by atoms with van der Waals surface area (Å²) in [4.78, 5) is 0. The molecule has 0 aromatic heterocycles. The third kappa shape index (κ3) is 3.81. The van der Waals surface area contributed by atoms with E-state index in [1.54, 1.807) is 0 Å². The van der Waals surface area contributed by atoms with E-state index < -0.39 is 0 Å². The van der Waals surface area contributed by atoms with Crippen LogP contribution in [0.5, 0.6) is 5.75 Å². The predicted molar refractivity (Wildman–Crippen MR) is 77.8 cm³/mol. The Bertz CT molecular complexity index is 499. The summed E-state index contributed by atoms with van der Waals surface area (Å²) in [7, 11) is 0. The Morgan fingerprint density at radius 1 is 1.05 bits per heavy atom. The molecule has 3 nitrogen and oxygen atoms in total. The fourth-order valence-electron chi connectivity index (χ4n) is 2.12. The molecule has 1 atom stereocenters. The molecule has 0 aliphatic carbocycles. The van der Waals surface area contributed by atoms with Crippen LogP contribution in [0.1, 0.15) is 23.6 Å². The molecule has 3 N–H and O–H groups in total. The average molecular weight is 256 g/mol. The molecule has 1 unspecified atom stereocenters. The van der Waals surface area contributed by atoms with E-state index in [4.69, 9.17) is 10.6 Å². The quantitative estimate of drug-likeness (QED) is 0.617. The Kier molecular flexibility index (Phi) is 4.95. The zero-order valence-electron chi connectivity index (χ0n) is 11.2. The van der Waals surface area contributed by atoms with Crippen LogP contribution >= 0.6 is 0 Å². The molecule has 19 heavy (non-hydrogen) atoms.